The number of aromatic nitrogens is 1. The van der Waals surface area contributed by atoms with Crippen LogP contribution >= 0.6 is 51.3 Å². The first-order valence-corrected chi connectivity index (χ1v) is 10.6. The van der Waals surface area contributed by atoms with Crippen LogP contribution in [0.25, 0.3) is 0 Å². The second-order valence-corrected chi connectivity index (χ2v) is 8.70. The van der Waals surface area contributed by atoms with Crippen molar-refractivity contribution in [1.29, 1.82) is 0 Å². The Bertz CT molecular complexity index is 844. The number of anilines is 1. The number of halogens is 3. The van der Waals surface area contributed by atoms with Crippen LogP contribution in [0.15, 0.2) is 34.8 Å². The third-order valence-electron chi connectivity index (χ3n) is 4.81. The Morgan fingerprint density at radius 2 is 2.04 bits per heavy atom. The molecule has 1 aliphatic heterocycles. The fraction of sp³-hybridized carbons (Fsp3) is 0.368. The van der Waals surface area contributed by atoms with Gasteiger partial charge in [-0.25, -0.2) is 4.98 Å². The lowest BCUT2D eigenvalue weighted by Crippen LogP contribution is -2.45. The van der Waals surface area contributed by atoms with Gasteiger partial charge in [-0.15, -0.1) is 0 Å². The number of pyridine rings is 1. The third kappa shape index (κ3) is 5.12. The highest BCUT2D eigenvalue weighted by Gasteiger charge is 2.34. The van der Waals surface area contributed by atoms with Crippen LogP contribution in [0.5, 0.6) is 0 Å². The molecule has 0 amide bonds. The van der Waals surface area contributed by atoms with Gasteiger partial charge in [0.05, 0.1) is 10.7 Å². The van der Waals surface area contributed by atoms with Crippen molar-refractivity contribution in [3.05, 3.63) is 56.1 Å². The standard InChI is InChI=1S/C19H20BrCl2N3OS/c1-12-15(20)10-16(22)17(24-12)25-18(27)23-11-19(5-7-26-8-6-19)13-3-2-4-14(21)9-13/h2-4,9-10H,5-8,11H2,1H3,(H2,23,24,25,27). The summed E-state index contributed by atoms with van der Waals surface area (Å²) in [4.78, 5) is 4.44. The van der Waals surface area contributed by atoms with E-state index in [1.807, 2.05) is 25.1 Å². The van der Waals surface area contributed by atoms with Gasteiger partial charge in [-0.05, 0) is 71.7 Å². The van der Waals surface area contributed by atoms with Gasteiger partial charge in [0.1, 0.15) is 0 Å². The maximum absolute atomic E-state index is 6.26. The molecule has 2 heterocycles. The van der Waals surface area contributed by atoms with E-state index in [0.29, 0.717) is 35.7 Å². The van der Waals surface area contributed by atoms with Gasteiger partial charge in [0.2, 0.25) is 0 Å². The van der Waals surface area contributed by atoms with E-state index in [4.69, 9.17) is 40.2 Å². The minimum absolute atomic E-state index is 0.0816. The van der Waals surface area contributed by atoms with E-state index in [1.54, 1.807) is 6.07 Å². The molecule has 1 aromatic heterocycles. The molecule has 144 valence electrons. The number of nitrogens with one attached hydrogen (secondary N) is 2. The van der Waals surface area contributed by atoms with Crippen molar-refractivity contribution >= 4 is 62.3 Å². The Labute approximate surface area is 183 Å². The van der Waals surface area contributed by atoms with Gasteiger partial charge >= 0.3 is 0 Å². The monoisotopic (exact) mass is 487 g/mol. The van der Waals surface area contributed by atoms with Crippen molar-refractivity contribution in [3.63, 3.8) is 0 Å². The third-order valence-corrected chi connectivity index (χ3v) is 6.38. The number of nitrogens with zero attached hydrogens (tertiary/aromatic N) is 1. The first-order chi connectivity index (χ1) is 12.9. The summed E-state index contributed by atoms with van der Waals surface area (Å²) in [6.45, 7) is 4.01. The Balaban J connectivity index is 1.72. The van der Waals surface area contributed by atoms with Crippen molar-refractivity contribution in [2.24, 2.45) is 0 Å². The Morgan fingerprint density at radius 1 is 1.30 bits per heavy atom. The minimum Gasteiger partial charge on any atom is -0.381 e. The molecule has 1 aromatic carbocycles. The van der Waals surface area contributed by atoms with Gasteiger partial charge in [-0.1, -0.05) is 35.3 Å². The van der Waals surface area contributed by atoms with Crippen LogP contribution in [-0.4, -0.2) is 29.9 Å². The van der Waals surface area contributed by atoms with Crippen molar-refractivity contribution < 1.29 is 4.74 Å². The van der Waals surface area contributed by atoms with Gasteiger partial charge in [-0.2, -0.15) is 0 Å². The molecule has 2 N–H and O–H groups in total. The summed E-state index contributed by atoms with van der Waals surface area (Å²) in [5, 5.41) is 8.16. The topological polar surface area (TPSA) is 46.2 Å². The lowest BCUT2D eigenvalue weighted by Gasteiger charge is -2.38. The largest absolute Gasteiger partial charge is 0.381 e. The fourth-order valence-electron chi connectivity index (χ4n) is 3.20. The SMILES string of the molecule is Cc1nc(NC(=S)NCC2(c3cccc(Cl)c3)CCOCC2)c(Cl)cc1Br. The summed E-state index contributed by atoms with van der Waals surface area (Å²) in [6, 6.07) is 9.83. The Hall–Kier alpha value is -0.920. The zero-order chi connectivity index (χ0) is 19.4. The van der Waals surface area contributed by atoms with Gasteiger partial charge in [0, 0.05) is 34.7 Å². The van der Waals surface area contributed by atoms with E-state index in [-0.39, 0.29) is 5.41 Å². The molecule has 4 nitrogen and oxygen atoms in total. The molecule has 2 aromatic rings. The van der Waals surface area contributed by atoms with E-state index < -0.39 is 0 Å². The highest BCUT2D eigenvalue weighted by Crippen LogP contribution is 2.35. The van der Waals surface area contributed by atoms with Gasteiger partial charge in [-0.3, -0.25) is 0 Å². The number of ether oxygens (including phenoxy) is 1. The van der Waals surface area contributed by atoms with E-state index >= 15 is 0 Å². The maximum Gasteiger partial charge on any atom is 0.172 e. The number of thiocarbonyl (C=S) groups is 1. The Kier molecular flexibility index (Phi) is 6.98. The van der Waals surface area contributed by atoms with Crippen LogP contribution in [0.1, 0.15) is 24.1 Å². The van der Waals surface area contributed by atoms with Gasteiger partial charge in [0.15, 0.2) is 10.9 Å². The van der Waals surface area contributed by atoms with Crippen molar-refractivity contribution in [2.75, 3.05) is 25.1 Å². The van der Waals surface area contributed by atoms with Gasteiger partial charge < -0.3 is 15.4 Å². The van der Waals surface area contributed by atoms with Crippen molar-refractivity contribution in [1.82, 2.24) is 10.3 Å². The summed E-state index contributed by atoms with van der Waals surface area (Å²) in [5.74, 6) is 0.540. The number of aryl methyl sites for hydroxylation is 1. The fourth-order valence-corrected chi connectivity index (χ4v) is 4.20. The molecule has 3 rings (SSSR count). The minimum atomic E-state index is -0.0816. The number of hydrogen-bond donors (Lipinski definition) is 2. The molecule has 0 unspecified atom stereocenters. The Morgan fingerprint density at radius 3 is 2.74 bits per heavy atom. The average molecular weight is 489 g/mol. The molecular formula is C19H20BrCl2N3OS. The summed E-state index contributed by atoms with van der Waals surface area (Å²) in [7, 11) is 0. The zero-order valence-corrected chi connectivity index (χ0v) is 18.7. The second kappa shape index (κ2) is 9.05. The highest BCUT2D eigenvalue weighted by atomic mass is 79.9. The molecule has 0 aliphatic carbocycles. The quantitative estimate of drug-likeness (QED) is 0.557. The normalized spacial score (nSPS) is 16.0. The number of hydrogen-bond acceptors (Lipinski definition) is 3. The highest BCUT2D eigenvalue weighted by molar-refractivity contribution is 9.10. The van der Waals surface area contributed by atoms with Crippen LogP contribution in [0.2, 0.25) is 10.0 Å². The molecule has 0 radical (unpaired) electrons. The van der Waals surface area contributed by atoms with Crippen LogP contribution in [0.3, 0.4) is 0 Å². The van der Waals surface area contributed by atoms with E-state index in [0.717, 1.165) is 28.0 Å². The summed E-state index contributed by atoms with van der Waals surface area (Å²) in [5.41, 5.74) is 1.95. The molecule has 0 atom stereocenters. The van der Waals surface area contributed by atoms with Crippen LogP contribution in [0.4, 0.5) is 5.82 Å². The van der Waals surface area contributed by atoms with Crippen LogP contribution in [0, 0.1) is 6.92 Å². The number of rotatable bonds is 4. The van der Waals surface area contributed by atoms with E-state index in [1.165, 1.54) is 5.56 Å². The molecule has 0 spiro atoms. The smallest absolute Gasteiger partial charge is 0.172 e. The molecule has 0 bridgehead atoms. The number of benzene rings is 1. The van der Waals surface area contributed by atoms with E-state index in [2.05, 4.69) is 37.6 Å². The predicted molar refractivity (Wildman–Crippen MR) is 119 cm³/mol. The molecule has 1 saturated heterocycles. The summed E-state index contributed by atoms with van der Waals surface area (Å²) >= 11 is 21.4. The molecule has 0 saturated carbocycles. The first-order valence-electron chi connectivity index (χ1n) is 8.61. The van der Waals surface area contributed by atoms with Crippen molar-refractivity contribution in [2.45, 2.75) is 25.2 Å². The maximum atomic E-state index is 6.26. The summed E-state index contributed by atoms with van der Waals surface area (Å²) < 4.78 is 6.44. The summed E-state index contributed by atoms with van der Waals surface area (Å²) in [6.07, 6.45) is 1.80. The molecule has 1 fully saturated rings. The lowest BCUT2D eigenvalue weighted by atomic mass is 9.74. The second-order valence-electron chi connectivity index (χ2n) is 6.60. The predicted octanol–water partition coefficient (Wildman–Crippen LogP) is 5.49. The first kappa shape index (κ1) is 20.8. The van der Waals surface area contributed by atoms with Crippen molar-refractivity contribution in [3.8, 4) is 0 Å². The average Bonchev–Trinajstić information content (AvgIpc) is 2.65. The lowest BCUT2D eigenvalue weighted by molar-refractivity contribution is 0.0515. The molecule has 1 aliphatic rings. The van der Waals surface area contributed by atoms with E-state index in [9.17, 15) is 0 Å². The zero-order valence-electron chi connectivity index (χ0n) is 14.8. The molecular weight excluding hydrogens is 469 g/mol. The molecule has 8 heteroatoms. The van der Waals surface area contributed by atoms with Crippen LogP contribution in [-0.2, 0) is 10.2 Å². The van der Waals surface area contributed by atoms with Crippen LogP contribution < -0.4 is 10.6 Å². The van der Waals surface area contributed by atoms with Gasteiger partial charge in [0.25, 0.3) is 0 Å². The molecule has 27 heavy (non-hydrogen) atoms.